The standard InChI is InChI=1S/C9H16N4O/c1-12(2)7-9(14)13(3)6-8-4-10-11-5-8/h4-5H,6-7H2,1-3H3,(H,10,11). The van der Waals surface area contributed by atoms with Crippen LogP contribution in [0.4, 0.5) is 0 Å². The molecule has 0 saturated carbocycles. The summed E-state index contributed by atoms with van der Waals surface area (Å²) in [4.78, 5) is 15.1. The van der Waals surface area contributed by atoms with Gasteiger partial charge in [-0.05, 0) is 14.1 Å². The molecular formula is C9H16N4O. The normalized spacial score (nSPS) is 10.6. The molecule has 78 valence electrons. The molecule has 0 aliphatic carbocycles. The van der Waals surface area contributed by atoms with Crippen LogP contribution in [0, 0.1) is 0 Å². The van der Waals surface area contributed by atoms with E-state index in [4.69, 9.17) is 0 Å². The molecule has 0 bridgehead atoms. The fraction of sp³-hybridized carbons (Fsp3) is 0.556. The lowest BCUT2D eigenvalue weighted by Gasteiger charge is -2.18. The highest BCUT2D eigenvalue weighted by Crippen LogP contribution is 1.99. The van der Waals surface area contributed by atoms with Gasteiger partial charge < -0.3 is 9.80 Å². The Bertz CT molecular complexity index is 281. The molecule has 1 N–H and O–H groups in total. The number of nitrogens with zero attached hydrogens (tertiary/aromatic N) is 3. The highest BCUT2D eigenvalue weighted by atomic mass is 16.2. The van der Waals surface area contributed by atoms with Crippen LogP contribution in [0.15, 0.2) is 12.4 Å². The number of carbonyl (C=O) groups is 1. The Morgan fingerprint density at radius 3 is 2.71 bits per heavy atom. The maximum Gasteiger partial charge on any atom is 0.236 e. The first-order valence-electron chi connectivity index (χ1n) is 4.46. The molecule has 0 atom stereocenters. The molecular weight excluding hydrogens is 180 g/mol. The number of rotatable bonds is 4. The predicted molar refractivity (Wildman–Crippen MR) is 53.6 cm³/mol. The van der Waals surface area contributed by atoms with E-state index in [0.29, 0.717) is 13.1 Å². The van der Waals surface area contributed by atoms with Crippen molar-refractivity contribution in [1.82, 2.24) is 20.0 Å². The summed E-state index contributed by atoms with van der Waals surface area (Å²) in [5.41, 5.74) is 1.01. The van der Waals surface area contributed by atoms with Crippen LogP contribution in [-0.2, 0) is 11.3 Å². The summed E-state index contributed by atoms with van der Waals surface area (Å²) in [5.74, 6) is 0.108. The van der Waals surface area contributed by atoms with Crippen molar-refractivity contribution < 1.29 is 4.79 Å². The third-order valence-corrected chi connectivity index (χ3v) is 1.85. The Morgan fingerprint density at radius 2 is 2.21 bits per heavy atom. The zero-order chi connectivity index (χ0) is 10.6. The van der Waals surface area contributed by atoms with Crippen LogP contribution in [0.1, 0.15) is 5.56 Å². The number of amides is 1. The van der Waals surface area contributed by atoms with Gasteiger partial charge >= 0.3 is 0 Å². The average molecular weight is 196 g/mol. The van der Waals surface area contributed by atoms with Gasteiger partial charge in [0.2, 0.25) is 5.91 Å². The monoisotopic (exact) mass is 196 g/mol. The SMILES string of the molecule is CN(C)CC(=O)N(C)Cc1cn[nH]c1. The van der Waals surface area contributed by atoms with Crippen molar-refractivity contribution in [2.45, 2.75) is 6.54 Å². The number of hydrogen-bond donors (Lipinski definition) is 1. The third-order valence-electron chi connectivity index (χ3n) is 1.85. The molecule has 0 unspecified atom stereocenters. The highest BCUT2D eigenvalue weighted by molar-refractivity contribution is 5.77. The molecule has 1 aromatic heterocycles. The molecule has 0 aliphatic heterocycles. The van der Waals surface area contributed by atoms with E-state index in [-0.39, 0.29) is 5.91 Å². The van der Waals surface area contributed by atoms with Crippen LogP contribution < -0.4 is 0 Å². The summed E-state index contributed by atoms with van der Waals surface area (Å²) in [5, 5.41) is 6.54. The van der Waals surface area contributed by atoms with Crippen molar-refractivity contribution in [1.29, 1.82) is 0 Å². The maximum atomic E-state index is 11.5. The van der Waals surface area contributed by atoms with Crippen LogP contribution in [-0.4, -0.2) is 53.6 Å². The van der Waals surface area contributed by atoms with E-state index in [9.17, 15) is 4.79 Å². The average Bonchev–Trinajstić information content (AvgIpc) is 2.55. The number of likely N-dealkylation sites (N-methyl/N-ethyl adjacent to an activating group) is 2. The largest absolute Gasteiger partial charge is 0.340 e. The van der Waals surface area contributed by atoms with Gasteiger partial charge in [0.1, 0.15) is 0 Å². The van der Waals surface area contributed by atoms with E-state index in [1.807, 2.05) is 19.0 Å². The van der Waals surface area contributed by atoms with Gasteiger partial charge in [-0.2, -0.15) is 5.10 Å². The molecule has 1 amide bonds. The van der Waals surface area contributed by atoms with E-state index in [0.717, 1.165) is 5.56 Å². The van der Waals surface area contributed by atoms with Gasteiger partial charge in [-0.1, -0.05) is 0 Å². The summed E-state index contributed by atoms with van der Waals surface area (Å²) in [6.45, 7) is 1.04. The minimum Gasteiger partial charge on any atom is -0.340 e. The van der Waals surface area contributed by atoms with Crippen LogP contribution >= 0.6 is 0 Å². The van der Waals surface area contributed by atoms with Crippen molar-refractivity contribution in [3.8, 4) is 0 Å². The van der Waals surface area contributed by atoms with E-state index in [2.05, 4.69) is 10.2 Å². The first-order chi connectivity index (χ1) is 6.59. The summed E-state index contributed by atoms with van der Waals surface area (Å²) in [6, 6.07) is 0. The molecule has 0 fully saturated rings. The van der Waals surface area contributed by atoms with Gasteiger partial charge in [0.05, 0.1) is 12.7 Å². The van der Waals surface area contributed by atoms with E-state index < -0.39 is 0 Å². The van der Waals surface area contributed by atoms with Crippen molar-refractivity contribution in [2.75, 3.05) is 27.7 Å². The lowest BCUT2D eigenvalue weighted by Crippen LogP contribution is -2.34. The van der Waals surface area contributed by atoms with Gasteiger partial charge in [-0.15, -0.1) is 0 Å². The minimum absolute atomic E-state index is 0.108. The predicted octanol–water partition coefficient (Wildman–Crippen LogP) is -0.0703. The zero-order valence-electron chi connectivity index (χ0n) is 8.82. The van der Waals surface area contributed by atoms with E-state index >= 15 is 0 Å². The fourth-order valence-corrected chi connectivity index (χ4v) is 1.12. The number of aromatic amines is 1. The highest BCUT2D eigenvalue weighted by Gasteiger charge is 2.10. The van der Waals surface area contributed by atoms with Gasteiger partial charge in [0.25, 0.3) is 0 Å². The van der Waals surface area contributed by atoms with E-state index in [1.165, 1.54) is 0 Å². The first kappa shape index (κ1) is 10.7. The molecule has 1 rings (SSSR count). The van der Waals surface area contributed by atoms with Gasteiger partial charge in [-0.3, -0.25) is 9.89 Å². The second-order valence-electron chi connectivity index (χ2n) is 3.59. The molecule has 14 heavy (non-hydrogen) atoms. The summed E-state index contributed by atoms with van der Waals surface area (Å²) < 4.78 is 0. The van der Waals surface area contributed by atoms with Crippen LogP contribution in [0.5, 0.6) is 0 Å². The van der Waals surface area contributed by atoms with Gasteiger partial charge in [-0.25, -0.2) is 0 Å². The molecule has 1 aromatic rings. The number of nitrogens with one attached hydrogen (secondary N) is 1. The summed E-state index contributed by atoms with van der Waals surface area (Å²) in [7, 11) is 5.55. The molecule has 0 saturated heterocycles. The molecule has 0 spiro atoms. The smallest absolute Gasteiger partial charge is 0.236 e. The number of H-pyrrole nitrogens is 1. The van der Waals surface area contributed by atoms with Gasteiger partial charge in [0, 0.05) is 25.4 Å². The number of carbonyl (C=O) groups excluding carboxylic acids is 1. The second-order valence-corrected chi connectivity index (χ2v) is 3.59. The Morgan fingerprint density at radius 1 is 1.50 bits per heavy atom. The minimum atomic E-state index is 0.108. The Hall–Kier alpha value is -1.36. The lowest BCUT2D eigenvalue weighted by atomic mass is 10.3. The Kier molecular flexibility index (Phi) is 3.64. The fourth-order valence-electron chi connectivity index (χ4n) is 1.12. The van der Waals surface area contributed by atoms with E-state index in [1.54, 1.807) is 24.3 Å². The van der Waals surface area contributed by atoms with Crippen molar-refractivity contribution in [2.24, 2.45) is 0 Å². The molecule has 5 heteroatoms. The van der Waals surface area contributed by atoms with Crippen LogP contribution in [0.3, 0.4) is 0 Å². The summed E-state index contributed by atoms with van der Waals surface area (Å²) >= 11 is 0. The maximum absolute atomic E-state index is 11.5. The molecule has 5 nitrogen and oxygen atoms in total. The van der Waals surface area contributed by atoms with Crippen molar-refractivity contribution >= 4 is 5.91 Å². The number of hydrogen-bond acceptors (Lipinski definition) is 3. The molecule has 0 aromatic carbocycles. The van der Waals surface area contributed by atoms with Crippen molar-refractivity contribution in [3.63, 3.8) is 0 Å². The third kappa shape index (κ3) is 3.18. The zero-order valence-corrected chi connectivity index (χ0v) is 8.82. The number of aromatic nitrogens is 2. The first-order valence-corrected chi connectivity index (χ1v) is 4.46. The second kappa shape index (κ2) is 4.76. The van der Waals surface area contributed by atoms with Crippen molar-refractivity contribution in [3.05, 3.63) is 18.0 Å². The molecule has 0 radical (unpaired) electrons. The van der Waals surface area contributed by atoms with Gasteiger partial charge in [0.15, 0.2) is 0 Å². The Labute approximate surface area is 83.7 Å². The Balaban J connectivity index is 2.42. The quantitative estimate of drug-likeness (QED) is 0.733. The molecule has 1 heterocycles. The topological polar surface area (TPSA) is 52.2 Å². The van der Waals surface area contributed by atoms with Crippen LogP contribution in [0.25, 0.3) is 0 Å². The molecule has 0 aliphatic rings. The van der Waals surface area contributed by atoms with Crippen LogP contribution in [0.2, 0.25) is 0 Å². The summed E-state index contributed by atoms with van der Waals surface area (Å²) in [6.07, 6.45) is 3.51. The lowest BCUT2D eigenvalue weighted by molar-refractivity contribution is -0.131.